The van der Waals surface area contributed by atoms with Crippen LogP contribution in [-0.2, 0) is 20.7 Å². The molecule has 1 aliphatic heterocycles. The summed E-state index contributed by atoms with van der Waals surface area (Å²) in [5.41, 5.74) is 3.79. The first-order valence-electron chi connectivity index (χ1n) is 9.96. The molecule has 0 atom stereocenters. The molecule has 0 radical (unpaired) electrons. The molecule has 0 unspecified atom stereocenters. The van der Waals surface area contributed by atoms with Gasteiger partial charge in [-0.1, -0.05) is 30.3 Å². The monoisotopic (exact) mass is 414 g/mol. The van der Waals surface area contributed by atoms with Gasteiger partial charge in [0.2, 0.25) is 5.78 Å². The molecular formula is C24H22N4O3. The van der Waals surface area contributed by atoms with E-state index < -0.39 is 18.4 Å². The molecule has 1 N–H and O–H groups in total. The number of esters is 1. The van der Waals surface area contributed by atoms with Gasteiger partial charge in [0.1, 0.15) is 17.5 Å². The number of hydrogen-bond acceptors (Lipinski definition) is 6. The average molecular weight is 414 g/mol. The molecule has 0 saturated carbocycles. The van der Waals surface area contributed by atoms with E-state index >= 15 is 0 Å². The molecule has 0 fully saturated rings. The molecule has 1 aromatic heterocycles. The lowest BCUT2D eigenvalue weighted by Gasteiger charge is -2.19. The Morgan fingerprint density at radius 1 is 1.03 bits per heavy atom. The fourth-order valence-electron chi connectivity index (χ4n) is 3.92. The highest BCUT2D eigenvalue weighted by atomic mass is 16.5. The molecule has 0 amide bonds. The Morgan fingerprint density at radius 2 is 1.68 bits per heavy atom. The number of benzene rings is 2. The fraction of sp³-hybridized carbons (Fsp3) is 0.208. The largest absolute Gasteiger partial charge is 0.457 e. The smallest absolute Gasteiger partial charge is 0.306 e. The van der Waals surface area contributed by atoms with Crippen molar-refractivity contribution in [2.75, 3.05) is 30.5 Å². The highest BCUT2D eigenvalue weighted by Crippen LogP contribution is 2.40. The third-order valence-electron chi connectivity index (χ3n) is 5.49. The molecule has 4 rings (SSSR count). The van der Waals surface area contributed by atoms with Crippen molar-refractivity contribution in [3.8, 4) is 6.07 Å². The average Bonchev–Trinajstić information content (AvgIpc) is 3.31. The molecule has 2 heterocycles. The van der Waals surface area contributed by atoms with E-state index in [0.29, 0.717) is 12.2 Å². The quantitative estimate of drug-likeness (QED) is 0.377. The number of para-hydroxylation sites is 3. The van der Waals surface area contributed by atoms with E-state index in [-0.39, 0.29) is 12.0 Å². The zero-order valence-electron chi connectivity index (χ0n) is 17.4. The molecule has 7 nitrogen and oxygen atoms in total. The van der Waals surface area contributed by atoms with Crippen molar-refractivity contribution in [1.29, 1.82) is 5.26 Å². The number of aromatic amines is 1. The summed E-state index contributed by atoms with van der Waals surface area (Å²) >= 11 is 0. The molecule has 1 aliphatic rings. The molecule has 3 aromatic rings. The zero-order valence-corrected chi connectivity index (χ0v) is 17.4. The fourth-order valence-corrected chi connectivity index (χ4v) is 3.92. The van der Waals surface area contributed by atoms with E-state index in [2.05, 4.69) is 4.98 Å². The summed E-state index contributed by atoms with van der Waals surface area (Å²) in [6.45, 7) is -0.461. The first kappa shape index (κ1) is 20.2. The summed E-state index contributed by atoms with van der Waals surface area (Å²) in [6.07, 6.45) is 2.54. The number of hydrogen-bond donors (Lipinski definition) is 1. The minimum atomic E-state index is -0.524. The van der Waals surface area contributed by atoms with Gasteiger partial charge in [-0.25, -0.2) is 0 Å². The van der Waals surface area contributed by atoms with Gasteiger partial charge >= 0.3 is 5.97 Å². The number of aromatic nitrogens is 1. The van der Waals surface area contributed by atoms with E-state index in [4.69, 9.17) is 4.74 Å². The molecular weight excluding hydrogens is 392 g/mol. The van der Waals surface area contributed by atoms with Gasteiger partial charge in [-0.15, -0.1) is 0 Å². The number of carbonyl (C=O) groups is 2. The lowest BCUT2D eigenvalue weighted by atomic mass is 10.1. The van der Waals surface area contributed by atoms with Crippen molar-refractivity contribution in [2.45, 2.75) is 12.8 Å². The molecule has 156 valence electrons. The van der Waals surface area contributed by atoms with Gasteiger partial charge in [-0.05, 0) is 30.2 Å². The predicted octanol–water partition coefficient (Wildman–Crippen LogP) is 3.53. The Labute approximate surface area is 180 Å². The van der Waals surface area contributed by atoms with Crippen molar-refractivity contribution in [2.24, 2.45) is 0 Å². The number of fused-ring (bicyclic) bond motifs is 2. The topological polar surface area (TPSA) is 89.4 Å². The van der Waals surface area contributed by atoms with E-state index in [1.165, 1.54) is 0 Å². The highest BCUT2D eigenvalue weighted by Gasteiger charge is 2.31. The maximum absolute atomic E-state index is 12.7. The van der Waals surface area contributed by atoms with Crippen molar-refractivity contribution < 1.29 is 14.3 Å². The Bertz CT molecular complexity index is 1200. The summed E-state index contributed by atoms with van der Waals surface area (Å²) in [7, 11) is 3.60. The van der Waals surface area contributed by atoms with E-state index in [9.17, 15) is 14.9 Å². The summed E-state index contributed by atoms with van der Waals surface area (Å²) < 4.78 is 5.18. The lowest BCUT2D eigenvalue weighted by Crippen LogP contribution is -2.27. The number of carbonyl (C=O) groups excluding carboxylic acids is 2. The Hall–Kier alpha value is -4.05. The van der Waals surface area contributed by atoms with E-state index in [0.717, 1.165) is 27.8 Å². The number of aryl methyl sites for hydroxylation is 1. The van der Waals surface area contributed by atoms with Crippen LogP contribution in [0.25, 0.3) is 10.9 Å². The molecule has 0 spiro atoms. The van der Waals surface area contributed by atoms with Crippen molar-refractivity contribution in [3.05, 3.63) is 71.7 Å². The van der Waals surface area contributed by atoms with Crippen LogP contribution in [0.3, 0.4) is 0 Å². The first-order chi connectivity index (χ1) is 15.0. The van der Waals surface area contributed by atoms with Crippen LogP contribution in [0, 0.1) is 11.3 Å². The molecule has 0 aliphatic carbocycles. The second kappa shape index (κ2) is 8.36. The summed E-state index contributed by atoms with van der Waals surface area (Å²) in [6, 6.07) is 17.5. The maximum atomic E-state index is 12.7. The van der Waals surface area contributed by atoms with E-state index in [1.807, 2.05) is 60.8 Å². The SMILES string of the molecule is CN1C(=C(C#N)C(=O)COC(=O)CCc2c[nH]c3ccccc23)N(C)c2ccccc21. The Kier molecular flexibility index (Phi) is 5.46. The number of ketones is 1. The molecule has 0 saturated heterocycles. The van der Waals surface area contributed by atoms with Crippen molar-refractivity contribution in [3.63, 3.8) is 0 Å². The van der Waals surface area contributed by atoms with Crippen LogP contribution in [0.1, 0.15) is 12.0 Å². The number of rotatable bonds is 6. The van der Waals surface area contributed by atoms with Gasteiger partial charge in [0.05, 0.1) is 11.4 Å². The van der Waals surface area contributed by atoms with E-state index in [1.54, 1.807) is 23.9 Å². The van der Waals surface area contributed by atoms with Crippen molar-refractivity contribution >= 4 is 34.0 Å². The second-order valence-electron chi connectivity index (χ2n) is 7.36. The number of nitriles is 1. The van der Waals surface area contributed by atoms with Gasteiger partial charge in [0.15, 0.2) is 6.61 Å². The number of ether oxygens (including phenoxy) is 1. The Balaban J connectivity index is 1.40. The van der Waals surface area contributed by atoms with Crippen LogP contribution in [-0.4, -0.2) is 37.4 Å². The van der Waals surface area contributed by atoms with Gasteiger partial charge in [0.25, 0.3) is 0 Å². The highest BCUT2D eigenvalue weighted by molar-refractivity contribution is 6.03. The molecule has 2 aromatic carbocycles. The number of anilines is 2. The normalized spacial score (nSPS) is 12.6. The third kappa shape index (κ3) is 3.76. The van der Waals surface area contributed by atoms with Crippen molar-refractivity contribution in [1.82, 2.24) is 4.98 Å². The number of H-pyrrole nitrogens is 1. The van der Waals surface area contributed by atoms with Gasteiger partial charge in [-0.3, -0.25) is 9.59 Å². The molecule has 0 bridgehead atoms. The predicted molar refractivity (Wildman–Crippen MR) is 118 cm³/mol. The van der Waals surface area contributed by atoms with Crippen LogP contribution >= 0.6 is 0 Å². The van der Waals surface area contributed by atoms with Crippen LogP contribution < -0.4 is 9.80 Å². The molecule has 31 heavy (non-hydrogen) atoms. The molecule has 7 heteroatoms. The maximum Gasteiger partial charge on any atom is 0.306 e. The van der Waals surface area contributed by atoms with Crippen LogP contribution in [0.2, 0.25) is 0 Å². The minimum Gasteiger partial charge on any atom is -0.457 e. The van der Waals surface area contributed by atoms with Gasteiger partial charge in [0, 0.05) is 37.6 Å². The second-order valence-corrected chi connectivity index (χ2v) is 7.36. The number of Topliss-reactive ketones (excluding diaryl/α,β-unsaturated/α-hetero) is 1. The van der Waals surface area contributed by atoms with Crippen LogP contribution in [0.4, 0.5) is 11.4 Å². The van der Waals surface area contributed by atoms with Gasteiger partial charge in [-0.2, -0.15) is 5.26 Å². The zero-order chi connectivity index (χ0) is 22.0. The Morgan fingerprint density at radius 3 is 2.35 bits per heavy atom. The number of nitrogens with zero attached hydrogens (tertiary/aromatic N) is 3. The summed E-state index contributed by atoms with van der Waals surface area (Å²) in [5, 5.41) is 10.7. The van der Waals surface area contributed by atoms with Crippen LogP contribution in [0.5, 0.6) is 0 Å². The van der Waals surface area contributed by atoms with Crippen LogP contribution in [0.15, 0.2) is 66.1 Å². The summed E-state index contributed by atoms with van der Waals surface area (Å²) in [5.74, 6) is -0.523. The summed E-state index contributed by atoms with van der Waals surface area (Å²) in [4.78, 5) is 31.7. The van der Waals surface area contributed by atoms with Gasteiger partial charge < -0.3 is 19.5 Å². The first-order valence-corrected chi connectivity index (χ1v) is 9.96. The standard InChI is InChI=1S/C24H22N4O3/c1-27-20-9-5-6-10-21(20)28(2)24(27)18(13-25)22(29)15-31-23(30)12-11-16-14-26-19-8-4-3-7-17(16)19/h3-10,14,26H,11-12,15H2,1-2H3. The lowest BCUT2D eigenvalue weighted by molar-refractivity contribution is -0.147. The minimum absolute atomic E-state index is 0.0365. The number of nitrogens with one attached hydrogen (secondary N) is 1. The third-order valence-corrected chi connectivity index (χ3v) is 5.49.